The fourth-order valence-corrected chi connectivity index (χ4v) is 14.9. The van der Waals surface area contributed by atoms with Crippen LogP contribution >= 0.6 is 0 Å². The molecule has 0 unspecified atom stereocenters. The Morgan fingerprint density at radius 3 is 1.30 bits per heavy atom. The van der Waals surface area contributed by atoms with E-state index in [0.717, 1.165) is 0 Å². The van der Waals surface area contributed by atoms with Gasteiger partial charge in [0, 0.05) is 16.5 Å². The molecule has 0 N–H and O–H groups in total. The van der Waals surface area contributed by atoms with E-state index in [9.17, 15) is 0 Å². The van der Waals surface area contributed by atoms with Crippen LogP contribution in [0, 0.1) is 0 Å². The van der Waals surface area contributed by atoms with Crippen LogP contribution in [-0.2, 0) is 5.41 Å². The van der Waals surface area contributed by atoms with Crippen LogP contribution in [0.25, 0.3) is 38.6 Å². The lowest BCUT2D eigenvalue weighted by molar-refractivity contribution is 0.769. The van der Waals surface area contributed by atoms with Crippen LogP contribution in [0.1, 0.15) is 22.3 Å². The minimum absolute atomic E-state index is 0.451. The second-order valence-electron chi connectivity index (χ2n) is 15.2. The Balaban J connectivity index is 1.18. The average Bonchev–Trinajstić information content (AvgIpc) is 3.79. The van der Waals surface area contributed by atoms with Crippen molar-refractivity contribution in [1.82, 2.24) is 4.57 Å². The van der Waals surface area contributed by atoms with Crippen molar-refractivity contribution in [3.8, 4) is 16.8 Å². The Bertz CT molecular complexity index is 2920. The van der Waals surface area contributed by atoms with Gasteiger partial charge in [0.05, 0.1) is 16.4 Å². The highest BCUT2D eigenvalue weighted by atomic mass is 28.3. The van der Waals surface area contributed by atoms with Gasteiger partial charge in [-0.3, -0.25) is 0 Å². The molecule has 0 bridgehead atoms. The summed E-state index contributed by atoms with van der Waals surface area (Å²) in [4.78, 5) is 0. The number of fused-ring (bicyclic) bond motifs is 6. The molecule has 0 amide bonds. The topological polar surface area (TPSA) is 4.93 Å². The van der Waals surface area contributed by atoms with E-state index in [2.05, 4.69) is 241 Å². The van der Waals surface area contributed by atoms with Gasteiger partial charge in [0.1, 0.15) is 0 Å². The van der Waals surface area contributed by atoms with E-state index in [1.807, 2.05) is 0 Å². The van der Waals surface area contributed by atoms with E-state index < -0.39 is 13.5 Å². The van der Waals surface area contributed by atoms with E-state index >= 15 is 0 Å². The molecule has 57 heavy (non-hydrogen) atoms. The highest BCUT2D eigenvalue weighted by Crippen LogP contribution is 2.55. The molecule has 1 heterocycles. The molecule has 1 aliphatic rings. The van der Waals surface area contributed by atoms with Crippen LogP contribution in [-0.4, -0.2) is 12.6 Å². The third kappa shape index (κ3) is 4.87. The first kappa shape index (κ1) is 33.3. The molecule has 1 aromatic heterocycles. The van der Waals surface area contributed by atoms with Gasteiger partial charge in [-0.1, -0.05) is 212 Å². The summed E-state index contributed by atoms with van der Waals surface area (Å²) in [6, 6.07) is 88.4. The van der Waals surface area contributed by atoms with Crippen LogP contribution in [0.5, 0.6) is 0 Å². The summed E-state index contributed by atoms with van der Waals surface area (Å²) in [5, 5.41) is 7.96. The fraction of sp³-hybridized carbons (Fsp3) is 0.0182. The molecule has 0 saturated carbocycles. The lowest BCUT2D eigenvalue weighted by atomic mass is 9.68. The van der Waals surface area contributed by atoms with Crippen LogP contribution < -0.4 is 20.7 Å². The highest BCUT2D eigenvalue weighted by Gasteiger charge is 2.47. The first-order chi connectivity index (χ1) is 28.3. The smallest absolute Gasteiger partial charge is 0.179 e. The number of nitrogens with zero attached hydrogens (tertiary/aromatic N) is 1. The first-order valence-corrected chi connectivity index (χ1v) is 21.9. The Labute approximate surface area is 334 Å². The largest absolute Gasteiger partial charge is 0.309 e. The van der Waals surface area contributed by atoms with Gasteiger partial charge < -0.3 is 4.57 Å². The van der Waals surface area contributed by atoms with Crippen LogP contribution in [0.3, 0.4) is 0 Å². The molecule has 0 saturated heterocycles. The quantitative estimate of drug-likeness (QED) is 0.113. The molecule has 10 aromatic rings. The van der Waals surface area contributed by atoms with Crippen molar-refractivity contribution in [1.29, 1.82) is 0 Å². The van der Waals surface area contributed by atoms with E-state index in [1.54, 1.807) is 0 Å². The van der Waals surface area contributed by atoms with Crippen LogP contribution in [0.2, 0.25) is 0 Å². The minimum atomic E-state index is -2.90. The standard InChI is InChI=1S/C55H39NSi/c1-4-19-40(20-5-1)55(51-31-14-10-27-47(51)48-28-11-15-32-52(48)55)41-35-37-45(38-36-41)57(43-22-6-2-7-23-43,44-24-8-3-9-25-44)46-26-18-21-42(39-46)56-53-33-16-12-29-49(53)50-30-13-17-34-54(50)56/h1-39H. The van der Waals surface area contributed by atoms with E-state index in [-0.39, 0.29) is 0 Å². The van der Waals surface area contributed by atoms with Crippen molar-refractivity contribution in [3.05, 3.63) is 259 Å². The summed E-state index contributed by atoms with van der Waals surface area (Å²) in [7, 11) is -2.90. The SMILES string of the molecule is c1ccc(C2(c3ccc([Si](c4ccccc4)(c4ccccc4)c4cccc(-n5c6ccccc6c6ccccc65)c4)cc3)c3ccccc3-c3ccccc32)cc1. The molecule has 268 valence electrons. The third-order valence-corrected chi connectivity index (χ3v) is 17.2. The molecule has 1 aliphatic carbocycles. The molecule has 2 heteroatoms. The number of hydrogen-bond acceptors (Lipinski definition) is 0. The minimum Gasteiger partial charge on any atom is -0.309 e. The molecule has 9 aromatic carbocycles. The van der Waals surface area contributed by atoms with Gasteiger partial charge in [0.25, 0.3) is 0 Å². The maximum absolute atomic E-state index is 2.90. The monoisotopic (exact) mass is 741 g/mol. The molecular weight excluding hydrogens is 703 g/mol. The summed E-state index contributed by atoms with van der Waals surface area (Å²) >= 11 is 0. The lowest BCUT2D eigenvalue weighted by Gasteiger charge is -2.37. The van der Waals surface area contributed by atoms with Crippen molar-refractivity contribution in [2.45, 2.75) is 5.41 Å². The van der Waals surface area contributed by atoms with E-state index in [4.69, 9.17) is 0 Å². The maximum Gasteiger partial charge on any atom is 0.179 e. The Morgan fingerprint density at radius 1 is 0.316 bits per heavy atom. The molecular formula is C55H39NSi. The van der Waals surface area contributed by atoms with Gasteiger partial charge >= 0.3 is 0 Å². The van der Waals surface area contributed by atoms with Gasteiger partial charge in [0.2, 0.25) is 0 Å². The normalized spacial score (nSPS) is 13.1. The zero-order chi connectivity index (χ0) is 37.8. The second kappa shape index (κ2) is 13.3. The highest BCUT2D eigenvalue weighted by molar-refractivity contribution is 7.19. The van der Waals surface area contributed by atoms with Crippen molar-refractivity contribution in [2.75, 3.05) is 0 Å². The fourth-order valence-electron chi connectivity index (χ4n) is 10.1. The Kier molecular flexibility index (Phi) is 7.80. The van der Waals surface area contributed by atoms with Crippen LogP contribution in [0.4, 0.5) is 0 Å². The first-order valence-electron chi connectivity index (χ1n) is 19.9. The molecule has 11 rings (SSSR count). The summed E-state index contributed by atoms with van der Waals surface area (Å²) in [6.07, 6.45) is 0. The van der Waals surface area contributed by atoms with E-state index in [1.165, 1.54) is 81.6 Å². The van der Waals surface area contributed by atoms with Gasteiger partial charge in [-0.05, 0) is 78.4 Å². The van der Waals surface area contributed by atoms with Crippen molar-refractivity contribution < 1.29 is 0 Å². The number of benzene rings is 9. The Morgan fingerprint density at radius 2 is 0.737 bits per heavy atom. The second-order valence-corrected chi connectivity index (χ2v) is 19.0. The number of para-hydroxylation sites is 2. The van der Waals surface area contributed by atoms with Crippen molar-refractivity contribution >= 4 is 50.6 Å². The number of aromatic nitrogens is 1. The summed E-state index contributed by atoms with van der Waals surface area (Å²) in [5.74, 6) is 0. The maximum atomic E-state index is 2.48. The Hall–Kier alpha value is -7.00. The lowest BCUT2D eigenvalue weighted by Crippen LogP contribution is -2.74. The van der Waals surface area contributed by atoms with Gasteiger partial charge in [0.15, 0.2) is 8.07 Å². The zero-order valence-electron chi connectivity index (χ0n) is 31.5. The molecule has 1 nitrogen and oxygen atoms in total. The summed E-state index contributed by atoms with van der Waals surface area (Å²) < 4.78 is 2.45. The summed E-state index contributed by atoms with van der Waals surface area (Å²) in [6.45, 7) is 0. The molecule has 0 fully saturated rings. The average molecular weight is 742 g/mol. The zero-order valence-corrected chi connectivity index (χ0v) is 32.5. The van der Waals surface area contributed by atoms with Gasteiger partial charge in [-0.15, -0.1) is 0 Å². The van der Waals surface area contributed by atoms with Crippen molar-refractivity contribution in [3.63, 3.8) is 0 Å². The third-order valence-electron chi connectivity index (χ3n) is 12.4. The van der Waals surface area contributed by atoms with Crippen LogP contribution in [0.15, 0.2) is 237 Å². The molecule has 0 aliphatic heterocycles. The number of rotatable bonds is 7. The van der Waals surface area contributed by atoms with Gasteiger partial charge in [-0.25, -0.2) is 0 Å². The molecule has 0 radical (unpaired) electrons. The number of hydrogen-bond donors (Lipinski definition) is 0. The van der Waals surface area contributed by atoms with Crippen molar-refractivity contribution in [2.24, 2.45) is 0 Å². The van der Waals surface area contributed by atoms with E-state index in [0.29, 0.717) is 0 Å². The predicted octanol–water partition coefficient (Wildman–Crippen LogP) is 10.5. The van der Waals surface area contributed by atoms with Gasteiger partial charge in [-0.2, -0.15) is 0 Å². The summed E-state index contributed by atoms with van der Waals surface area (Å²) in [5.41, 5.74) is 11.0. The molecule has 0 atom stereocenters. The predicted molar refractivity (Wildman–Crippen MR) is 242 cm³/mol. The molecule has 0 spiro atoms.